The minimum absolute atomic E-state index is 0.264. The van der Waals surface area contributed by atoms with Crippen LogP contribution in [0.1, 0.15) is 44.9 Å². The normalized spacial score (nSPS) is 12.9. The number of rotatable bonds is 8. The van der Waals surface area contributed by atoms with Crippen LogP contribution in [0.3, 0.4) is 0 Å². The molecule has 0 saturated heterocycles. The average Bonchev–Trinajstić information content (AvgIpc) is 2.83. The van der Waals surface area contributed by atoms with Gasteiger partial charge in [0.05, 0.1) is 6.10 Å². The second-order valence-electron chi connectivity index (χ2n) is 5.21. The zero-order valence-corrected chi connectivity index (χ0v) is 12.7. The maximum absolute atomic E-state index is 5.96. The lowest BCUT2D eigenvalue weighted by Crippen LogP contribution is -2.15. The highest BCUT2D eigenvalue weighted by atomic mass is 16.5. The van der Waals surface area contributed by atoms with E-state index in [0.717, 1.165) is 37.3 Å². The average molecular weight is 275 g/mol. The molecule has 0 amide bonds. The number of furan rings is 1. The van der Waals surface area contributed by atoms with E-state index in [4.69, 9.17) is 9.15 Å². The molecule has 0 aliphatic heterocycles. The molecule has 1 aromatic carbocycles. The van der Waals surface area contributed by atoms with Gasteiger partial charge in [-0.3, -0.25) is 0 Å². The first-order valence-electron chi connectivity index (χ1n) is 7.57. The highest BCUT2D eigenvalue weighted by Gasteiger charge is 2.14. The summed E-state index contributed by atoms with van der Waals surface area (Å²) < 4.78 is 11.8. The van der Waals surface area contributed by atoms with Crippen LogP contribution in [0.25, 0.3) is 11.0 Å². The summed E-state index contributed by atoms with van der Waals surface area (Å²) in [6.45, 7) is 8.81. The molecule has 2 aromatic rings. The van der Waals surface area contributed by atoms with Crippen molar-refractivity contribution in [2.75, 3.05) is 6.54 Å². The van der Waals surface area contributed by atoms with Crippen molar-refractivity contribution in [1.82, 2.24) is 5.32 Å². The van der Waals surface area contributed by atoms with E-state index in [1.165, 1.54) is 10.9 Å². The fraction of sp³-hybridized carbons (Fsp3) is 0.529. The van der Waals surface area contributed by atoms with Crippen LogP contribution in [0.2, 0.25) is 0 Å². The predicted molar refractivity (Wildman–Crippen MR) is 82.8 cm³/mol. The monoisotopic (exact) mass is 275 g/mol. The SMILES string of the molecule is CCCNCc1c(COC(C)CC)oc2ccccc12. The van der Waals surface area contributed by atoms with Crippen molar-refractivity contribution in [3.8, 4) is 0 Å². The number of ether oxygens (including phenoxy) is 1. The lowest BCUT2D eigenvalue weighted by Gasteiger charge is -2.10. The number of fused-ring (bicyclic) bond motifs is 1. The van der Waals surface area contributed by atoms with Crippen molar-refractivity contribution in [3.63, 3.8) is 0 Å². The summed E-state index contributed by atoms with van der Waals surface area (Å²) in [5, 5.41) is 4.65. The van der Waals surface area contributed by atoms with Crippen LogP contribution in [0.15, 0.2) is 28.7 Å². The van der Waals surface area contributed by atoms with E-state index in [9.17, 15) is 0 Å². The fourth-order valence-corrected chi connectivity index (χ4v) is 2.19. The molecule has 1 atom stereocenters. The molecule has 0 bridgehead atoms. The molecule has 110 valence electrons. The second-order valence-corrected chi connectivity index (χ2v) is 5.21. The van der Waals surface area contributed by atoms with E-state index >= 15 is 0 Å². The number of para-hydroxylation sites is 1. The van der Waals surface area contributed by atoms with Crippen LogP contribution >= 0.6 is 0 Å². The fourth-order valence-electron chi connectivity index (χ4n) is 2.19. The Kier molecular flexibility index (Phi) is 5.62. The summed E-state index contributed by atoms with van der Waals surface area (Å²) in [4.78, 5) is 0. The molecule has 3 heteroatoms. The third kappa shape index (κ3) is 3.62. The van der Waals surface area contributed by atoms with Crippen molar-refractivity contribution in [1.29, 1.82) is 0 Å². The lowest BCUT2D eigenvalue weighted by molar-refractivity contribution is 0.0408. The van der Waals surface area contributed by atoms with E-state index in [1.807, 2.05) is 12.1 Å². The molecule has 0 radical (unpaired) electrons. The van der Waals surface area contributed by atoms with E-state index in [-0.39, 0.29) is 6.10 Å². The van der Waals surface area contributed by atoms with Crippen molar-refractivity contribution in [3.05, 3.63) is 35.6 Å². The first-order chi connectivity index (χ1) is 9.76. The smallest absolute Gasteiger partial charge is 0.135 e. The van der Waals surface area contributed by atoms with Gasteiger partial charge in [0, 0.05) is 17.5 Å². The quantitative estimate of drug-likeness (QED) is 0.731. The Hall–Kier alpha value is -1.32. The Morgan fingerprint density at radius 2 is 2.05 bits per heavy atom. The van der Waals surface area contributed by atoms with Gasteiger partial charge >= 0.3 is 0 Å². The molecule has 0 aliphatic carbocycles. The number of hydrogen-bond acceptors (Lipinski definition) is 3. The topological polar surface area (TPSA) is 34.4 Å². The largest absolute Gasteiger partial charge is 0.458 e. The summed E-state index contributed by atoms with van der Waals surface area (Å²) in [6.07, 6.45) is 2.41. The van der Waals surface area contributed by atoms with Gasteiger partial charge in [-0.2, -0.15) is 0 Å². The molecule has 1 heterocycles. The Balaban J connectivity index is 2.19. The predicted octanol–water partition coefficient (Wildman–Crippen LogP) is 4.25. The van der Waals surface area contributed by atoms with Crippen molar-refractivity contribution in [2.45, 2.75) is 52.9 Å². The van der Waals surface area contributed by atoms with Crippen molar-refractivity contribution >= 4 is 11.0 Å². The Labute approximate surface area is 121 Å². The Morgan fingerprint density at radius 1 is 1.25 bits per heavy atom. The standard InChI is InChI=1S/C17H25NO2/c1-4-10-18-11-15-14-8-6-7-9-16(14)20-17(15)12-19-13(3)5-2/h6-9,13,18H,4-5,10-12H2,1-3H3. The van der Waals surface area contributed by atoms with Crippen LogP contribution in [-0.4, -0.2) is 12.6 Å². The van der Waals surface area contributed by atoms with E-state index in [0.29, 0.717) is 6.61 Å². The van der Waals surface area contributed by atoms with Crippen molar-refractivity contribution in [2.24, 2.45) is 0 Å². The van der Waals surface area contributed by atoms with Crippen LogP contribution in [-0.2, 0) is 17.9 Å². The maximum atomic E-state index is 5.96. The maximum Gasteiger partial charge on any atom is 0.135 e. The molecule has 0 spiro atoms. The highest BCUT2D eigenvalue weighted by Crippen LogP contribution is 2.26. The van der Waals surface area contributed by atoms with Gasteiger partial charge in [0.1, 0.15) is 18.0 Å². The van der Waals surface area contributed by atoms with Crippen LogP contribution in [0.4, 0.5) is 0 Å². The van der Waals surface area contributed by atoms with Crippen LogP contribution < -0.4 is 5.32 Å². The van der Waals surface area contributed by atoms with Crippen LogP contribution in [0, 0.1) is 0 Å². The van der Waals surface area contributed by atoms with E-state index < -0.39 is 0 Å². The summed E-state index contributed by atoms with van der Waals surface area (Å²) >= 11 is 0. The van der Waals surface area contributed by atoms with Gasteiger partial charge in [0.25, 0.3) is 0 Å². The summed E-state index contributed by atoms with van der Waals surface area (Å²) in [6, 6.07) is 8.20. The van der Waals surface area contributed by atoms with Gasteiger partial charge < -0.3 is 14.5 Å². The summed E-state index contributed by atoms with van der Waals surface area (Å²) in [5.41, 5.74) is 2.18. The third-order valence-electron chi connectivity index (χ3n) is 3.58. The van der Waals surface area contributed by atoms with Gasteiger partial charge in [-0.05, 0) is 32.4 Å². The summed E-state index contributed by atoms with van der Waals surface area (Å²) in [5.74, 6) is 0.954. The first-order valence-corrected chi connectivity index (χ1v) is 7.57. The minimum Gasteiger partial charge on any atom is -0.458 e. The molecule has 0 fully saturated rings. The molecule has 20 heavy (non-hydrogen) atoms. The van der Waals surface area contributed by atoms with Gasteiger partial charge in [-0.15, -0.1) is 0 Å². The first kappa shape index (κ1) is 15.1. The van der Waals surface area contributed by atoms with Gasteiger partial charge in [0.2, 0.25) is 0 Å². The highest BCUT2D eigenvalue weighted by molar-refractivity contribution is 5.82. The number of benzene rings is 1. The van der Waals surface area contributed by atoms with Gasteiger partial charge in [-0.25, -0.2) is 0 Å². The molecule has 1 aromatic heterocycles. The molecule has 0 aliphatic rings. The van der Waals surface area contributed by atoms with E-state index in [1.54, 1.807) is 0 Å². The molecular formula is C17H25NO2. The zero-order chi connectivity index (χ0) is 14.4. The minimum atomic E-state index is 0.264. The zero-order valence-electron chi connectivity index (χ0n) is 12.7. The number of hydrogen-bond donors (Lipinski definition) is 1. The molecule has 1 N–H and O–H groups in total. The van der Waals surface area contributed by atoms with Gasteiger partial charge in [0.15, 0.2) is 0 Å². The lowest BCUT2D eigenvalue weighted by atomic mass is 10.1. The third-order valence-corrected chi connectivity index (χ3v) is 3.58. The van der Waals surface area contributed by atoms with Crippen LogP contribution in [0.5, 0.6) is 0 Å². The molecule has 1 unspecified atom stereocenters. The molecular weight excluding hydrogens is 250 g/mol. The summed E-state index contributed by atoms with van der Waals surface area (Å²) in [7, 11) is 0. The second kappa shape index (κ2) is 7.46. The number of nitrogens with one attached hydrogen (secondary N) is 1. The Bertz CT molecular complexity index is 533. The molecule has 2 rings (SSSR count). The molecule has 0 saturated carbocycles. The van der Waals surface area contributed by atoms with Gasteiger partial charge in [-0.1, -0.05) is 32.0 Å². The van der Waals surface area contributed by atoms with E-state index in [2.05, 4.69) is 38.2 Å². The van der Waals surface area contributed by atoms with Crippen molar-refractivity contribution < 1.29 is 9.15 Å². The molecule has 3 nitrogen and oxygen atoms in total. The Morgan fingerprint density at radius 3 is 2.80 bits per heavy atom.